The zero-order valence-corrected chi connectivity index (χ0v) is 13.3. The first-order valence-electron chi connectivity index (χ1n) is 6.87. The second kappa shape index (κ2) is 7.04. The number of carbonyl (C=O) groups is 1. The van der Waals surface area contributed by atoms with Gasteiger partial charge in [0.05, 0.1) is 12.2 Å². The third-order valence-electron chi connectivity index (χ3n) is 3.67. The van der Waals surface area contributed by atoms with E-state index < -0.39 is 6.10 Å². The van der Waals surface area contributed by atoms with Gasteiger partial charge in [-0.05, 0) is 25.7 Å². The Balaban J connectivity index is 2.10. The van der Waals surface area contributed by atoms with Gasteiger partial charge in [0.1, 0.15) is 12.2 Å². The lowest BCUT2D eigenvalue weighted by Crippen LogP contribution is -2.37. The Labute approximate surface area is 127 Å². The van der Waals surface area contributed by atoms with E-state index in [1.165, 1.54) is 6.92 Å². The second-order valence-corrected chi connectivity index (χ2v) is 6.83. The Bertz CT molecular complexity index is 344. The van der Waals surface area contributed by atoms with Crippen LogP contribution in [0.3, 0.4) is 0 Å². The van der Waals surface area contributed by atoms with E-state index in [-0.39, 0.29) is 24.3 Å². The Morgan fingerprint density at radius 1 is 1.37 bits per heavy atom. The monoisotopic (exact) mass is 380 g/mol. The van der Waals surface area contributed by atoms with Crippen LogP contribution in [0.25, 0.3) is 0 Å². The van der Waals surface area contributed by atoms with Crippen LogP contribution in [0, 0.1) is 0 Å². The summed E-state index contributed by atoms with van der Waals surface area (Å²) in [4.78, 5) is 11.2. The molecule has 2 rings (SSSR count). The fraction of sp³-hybridized carbons (Fsp3) is 0.786. The number of hydrogen-bond donors (Lipinski definition) is 1. The van der Waals surface area contributed by atoms with E-state index in [0.717, 1.165) is 19.3 Å². The Hall–Kier alpha value is -0.140. The molecule has 1 fully saturated rings. The van der Waals surface area contributed by atoms with Crippen LogP contribution in [0.4, 0.5) is 0 Å². The molecular weight excluding hydrogens is 359 g/mol. The van der Waals surface area contributed by atoms with Crippen LogP contribution < -0.4 is 0 Å². The standard InChI is InChI=1S/C14H21IO4/c1-9(16)18-13-8-12-10(15)6-4-2-3-5-7-11(17)14(13)19-12/h2-3,10-14,17H,4-8H2,1H3/b3-2-/t10-,11+,12+,13+,14-/m1/s1. The molecule has 5 atom stereocenters. The van der Waals surface area contributed by atoms with Crippen molar-refractivity contribution >= 4 is 28.6 Å². The van der Waals surface area contributed by atoms with Crippen molar-refractivity contribution in [1.29, 1.82) is 0 Å². The highest BCUT2D eigenvalue weighted by molar-refractivity contribution is 14.1. The van der Waals surface area contributed by atoms with Crippen molar-refractivity contribution in [3.05, 3.63) is 12.2 Å². The van der Waals surface area contributed by atoms with Gasteiger partial charge < -0.3 is 14.6 Å². The van der Waals surface area contributed by atoms with Gasteiger partial charge in [-0.2, -0.15) is 0 Å². The molecule has 4 nitrogen and oxygen atoms in total. The minimum Gasteiger partial charge on any atom is -0.460 e. The maximum absolute atomic E-state index is 11.2. The minimum atomic E-state index is -0.569. The van der Waals surface area contributed by atoms with Gasteiger partial charge in [0.25, 0.3) is 0 Å². The van der Waals surface area contributed by atoms with Crippen LogP contribution in [0.15, 0.2) is 12.2 Å². The average molecular weight is 380 g/mol. The topological polar surface area (TPSA) is 55.8 Å². The molecule has 0 spiro atoms. The van der Waals surface area contributed by atoms with Gasteiger partial charge in [0, 0.05) is 17.3 Å². The summed E-state index contributed by atoms with van der Waals surface area (Å²) in [6, 6.07) is 0. The first-order valence-corrected chi connectivity index (χ1v) is 8.12. The molecule has 108 valence electrons. The molecule has 2 heterocycles. The number of hydrogen-bond acceptors (Lipinski definition) is 4. The number of alkyl halides is 1. The fourth-order valence-electron chi connectivity index (χ4n) is 2.72. The molecule has 2 aliphatic heterocycles. The van der Waals surface area contributed by atoms with E-state index in [1.807, 2.05) is 0 Å². The first kappa shape index (κ1) is 15.3. The van der Waals surface area contributed by atoms with E-state index in [4.69, 9.17) is 9.47 Å². The van der Waals surface area contributed by atoms with E-state index in [1.54, 1.807) is 0 Å². The van der Waals surface area contributed by atoms with Gasteiger partial charge in [-0.15, -0.1) is 0 Å². The predicted octanol–water partition coefficient (Wildman–Crippen LogP) is 2.37. The second-order valence-electron chi connectivity index (χ2n) is 5.23. The molecule has 5 heteroatoms. The summed E-state index contributed by atoms with van der Waals surface area (Å²) >= 11 is 2.40. The number of fused-ring (bicyclic) bond motifs is 2. The van der Waals surface area contributed by atoms with Crippen LogP contribution >= 0.6 is 22.6 Å². The molecule has 2 aliphatic rings. The zero-order valence-electron chi connectivity index (χ0n) is 11.1. The lowest BCUT2D eigenvalue weighted by Gasteiger charge is -2.23. The lowest BCUT2D eigenvalue weighted by atomic mass is 10.00. The van der Waals surface area contributed by atoms with Crippen LogP contribution in [-0.4, -0.2) is 39.4 Å². The van der Waals surface area contributed by atoms with Crippen molar-refractivity contribution in [3.63, 3.8) is 0 Å². The van der Waals surface area contributed by atoms with E-state index >= 15 is 0 Å². The molecule has 19 heavy (non-hydrogen) atoms. The highest BCUT2D eigenvalue weighted by Gasteiger charge is 2.43. The maximum Gasteiger partial charge on any atom is 0.302 e. The summed E-state index contributed by atoms with van der Waals surface area (Å²) in [5.74, 6) is -0.302. The maximum atomic E-state index is 11.2. The SMILES string of the molecule is CC(=O)O[C@H]1C[C@@H]2O[C@@H]1[C@@H](O)CC/C=C\CC[C@H]2I. The third-order valence-corrected chi connectivity index (χ3v) is 5.09. The Kier molecular flexibility index (Phi) is 5.65. The number of allylic oxidation sites excluding steroid dienone is 2. The molecule has 0 aromatic rings. The third kappa shape index (κ3) is 4.16. The zero-order chi connectivity index (χ0) is 13.8. The quantitative estimate of drug-likeness (QED) is 0.329. The van der Waals surface area contributed by atoms with Crippen molar-refractivity contribution in [2.45, 2.75) is 67.4 Å². The number of ether oxygens (including phenoxy) is 2. The summed E-state index contributed by atoms with van der Waals surface area (Å²) in [5, 5.41) is 10.2. The molecule has 0 unspecified atom stereocenters. The number of rotatable bonds is 1. The largest absolute Gasteiger partial charge is 0.460 e. The molecule has 0 aromatic carbocycles. The number of aliphatic hydroxyl groups excluding tert-OH is 1. The highest BCUT2D eigenvalue weighted by Crippen LogP contribution is 2.33. The molecule has 0 aromatic heterocycles. The number of halogens is 1. The highest BCUT2D eigenvalue weighted by atomic mass is 127. The van der Waals surface area contributed by atoms with E-state index in [9.17, 15) is 9.90 Å². The summed E-state index contributed by atoms with van der Waals surface area (Å²) in [5.41, 5.74) is 0. The average Bonchev–Trinajstić information content (AvgIpc) is 2.74. The summed E-state index contributed by atoms with van der Waals surface area (Å²) in [6.07, 6.45) is 7.38. The number of carbonyl (C=O) groups excluding carboxylic acids is 1. The van der Waals surface area contributed by atoms with Crippen molar-refractivity contribution in [2.75, 3.05) is 0 Å². The van der Waals surface area contributed by atoms with Gasteiger partial charge >= 0.3 is 5.97 Å². The molecule has 1 N–H and O–H groups in total. The lowest BCUT2D eigenvalue weighted by molar-refractivity contribution is -0.153. The van der Waals surface area contributed by atoms with Crippen LogP contribution in [0.5, 0.6) is 0 Å². The Morgan fingerprint density at radius 2 is 2.05 bits per heavy atom. The first-order chi connectivity index (χ1) is 9.08. The van der Waals surface area contributed by atoms with Gasteiger partial charge in [-0.3, -0.25) is 4.79 Å². The van der Waals surface area contributed by atoms with Gasteiger partial charge in [0.15, 0.2) is 0 Å². The predicted molar refractivity (Wildman–Crippen MR) is 80.3 cm³/mol. The molecule has 2 bridgehead atoms. The normalized spacial score (nSPS) is 41.3. The summed E-state index contributed by atoms with van der Waals surface area (Å²) in [7, 11) is 0. The van der Waals surface area contributed by atoms with Crippen molar-refractivity contribution in [1.82, 2.24) is 0 Å². The van der Waals surface area contributed by atoms with Crippen molar-refractivity contribution in [3.8, 4) is 0 Å². The van der Waals surface area contributed by atoms with Crippen LogP contribution in [-0.2, 0) is 14.3 Å². The van der Waals surface area contributed by atoms with Gasteiger partial charge in [-0.25, -0.2) is 0 Å². The van der Waals surface area contributed by atoms with E-state index in [0.29, 0.717) is 16.8 Å². The van der Waals surface area contributed by atoms with Gasteiger partial charge in [0.2, 0.25) is 0 Å². The molecule has 1 saturated heterocycles. The molecule has 0 saturated carbocycles. The fourth-order valence-corrected chi connectivity index (χ4v) is 3.54. The van der Waals surface area contributed by atoms with Crippen LogP contribution in [0.1, 0.15) is 39.0 Å². The van der Waals surface area contributed by atoms with Gasteiger partial charge in [-0.1, -0.05) is 34.7 Å². The number of aliphatic hydroxyl groups is 1. The Morgan fingerprint density at radius 3 is 2.74 bits per heavy atom. The van der Waals surface area contributed by atoms with Crippen molar-refractivity contribution in [2.24, 2.45) is 0 Å². The number of esters is 1. The molecule has 0 radical (unpaired) electrons. The van der Waals surface area contributed by atoms with E-state index in [2.05, 4.69) is 34.7 Å². The van der Waals surface area contributed by atoms with Crippen molar-refractivity contribution < 1.29 is 19.4 Å². The molecular formula is C14H21IO4. The summed E-state index contributed by atoms with van der Waals surface area (Å²) < 4.78 is 11.7. The van der Waals surface area contributed by atoms with Crippen LogP contribution in [0.2, 0.25) is 0 Å². The minimum absolute atomic E-state index is 0.0658. The molecule has 0 amide bonds. The smallest absolute Gasteiger partial charge is 0.302 e. The summed E-state index contributed by atoms with van der Waals surface area (Å²) in [6.45, 7) is 1.41. The molecule has 0 aliphatic carbocycles.